The SMILES string of the molecule is CC(=O)OC(C)n1c(CCOCc2ccccc2)nc(C(C)C)c1Sc1cc(Cl)cc(Cl)c1. The predicted octanol–water partition coefficient (Wildman–Crippen LogP) is 7.31. The summed E-state index contributed by atoms with van der Waals surface area (Å²) in [6.07, 6.45) is 0.0541. The van der Waals surface area contributed by atoms with E-state index in [1.807, 2.05) is 54.0 Å². The third kappa shape index (κ3) is 7.24. The van der Waals surface area contributed by atoms with E-state index in [1.165, 1.54) is 18.7 Å². The molecule has 33 heavy (non-hydrogen) atoms. The molecule has 0 fully saturated rings. The molecule has 2 aromatic carbocycles. The number of hydrogen-bond acceptors (Lipinski definition) is 5. The van der Waals surface area contributed by atoms with E-state index in [9.17, 15) is 4.79 Å². The number of benzene rings is 2. The smallest absolute Gasteiger partial charge is 0.304 e. The summed E-state index contributed by atoms with van der Waals surface area (Å²) in [6, 6.07) is 15.5. The molecule has 0 amide bonds. The topological polar surface area (TPSA) is 53.4 Å². The van der Waals surface area contributed by atoms with Gasteiger partial charge in [-0.3, -0.25) is 9.36 Å². The molecule has 1 atom stereocenters. The molecule has 0 aliphatic heterocycles. The first-order valence-corrected chi connectivity index (χ1v) is 12.4. The summed E-state index contributed by atoms with van der Waals surface area (Å²) < 4.78 is 13.4. The van der Waals surface area contributed by atoms with Gasteiger partial charge in [-0.05, 0) is 36.6 Å². The van der Waals surface area contributed by atoms with Crippen molar-refractivity contribution in [2.24, 2.45) is 0 Å². The number of aromatic nitrogens is 2. The van der Waals surface area contributed by atoms with E-state index in [0.29, 0.717) is 29.7 Å². The van der Waals surface area contributed by atoms with E-state index in [1.54, 1.807) is 6.07 Å². The van der Waals surface area contributed by atoms with Crippen LogP contribution in [0.4, 0.5) is 0 Å². The number of ether oxygens (including phenoxy) is 2. The van der Waals surface area contributed by atoms with Crippen molar-refractivity contribution in [3.05, 3.63) is 75.7 Å². The Balaban J connectivity index is 1.90. The molecule has 3 rings (SSSR count). The zero-order valence-corrected chi connectivity index (χ0v) is 21.5. The Morgan fingerprint density at radius 1 is 1.09 bits per heavy atom. The Morgan fingerprint density at radius 3 is 2.36 bits per heavy atom. The first-order valence-electron chi connectivity index (χ1n) is 10.8. The van der Waals surface area contributed by atoms with Gasteiger partial charge in [0.25, 0.3) is 0 Å². The highest BCUT2D eigenvalue weighted by Gasteiger charge is 2.25. The van der Waals surface area contributed by atoms with E-state index < -0.39 is 6.23 Å². The highest BCUT2D eigenvalue weighted by atomic mass is 35.5. The molecular weight excluding hydrogens is 479 g/mol. The van der Waals surface area contributed by atoms with Gasteiger partial charge < -0.3 is 9.47 Å². The highest BCUT2D eigenvalue weighted by Crippen LogP contribution is 2.39. The zero-order valence-electron chi connectivity index (χ0n) is 19.2. The second-order valence-electron chi connectivity index (χ2n) is 7.95. The number of nitrogens with zero attached hydrogens (tertiary/aromatic N) is 2. The van der Waals surface area contributed by atoms with Crippen LogP contribution in [0, 0.1) is 0 Å². The van der Waals surface area contributed by atoms with Crippen LogP contribution in [0.3, 0.4) is 0 Å². The molecule has 0 saturated carbocycles. The number of halogens is 2. The van der Waals surface area contributed by atoms with E-state index in [-0.39, 0.29) is 11.9 Å². The van der Waals surface area contributed by atoms with Crippen molar-refractivity contribution in [1.29, 1.82) is 0 Å². The average Bonchev–Trinajstić information content (AvgIpc) is 3.09. The molecule has 0 saturated heterocycles. The van der Waals surface area contributed by atoms with Gasteiger partial charge in [-0.2, -0.15) is 0 Å². The van der Waals surface area contributed by atoms with Crippen LogP contribution in [0.1, 0.15) is 56.9 Å². The minimum atomic E-state index is -0.524. The van der Waals surface area contributed by atoms with Crippen LogP contribution in [0.2, 0.25) is 10.0 Å². The molecule has 0 aliphatic rings. The molecule has 0 aliphatic carbocycles. The molecule has 0 bridgehead atoms. The summed E-state index contributed by atoms with van der Waals surface area (Å²) in [5.41, 5.74) is 2.04. The Bertz CT molecular complexity index is 1070. The molecule has 0 radical (unpaired) electrons. The standard InChI is InChI=1S/C25H28Cl2N2O3S/c1-16(2)24-25(33-22-13-20(26)12-21(27)14-22)29(17(3)32-18(4)30)23(28-24)10-11-31-15-19-8-6-5-7-9-19/h5-9,12-14,16-17H,10-11,15H2,1-4H3. The molecule has 1 heterocycles. The number of carbonyl (C=O) groups excluding carboxylic acids is 1. The van der Waals surface area contributed by atoms with Crippen molar-refractivity contribution in [2.75, 3.05) is 6.61 Å². The number of hydrogen-bond donors (Lipinski definition) is 0. The molecule has 1 unspecified atom stereocenters. The van der Waals surface area contributed by atoms with E-state index >= 15 is 0 Å². The van der Waals surface area contributed by atoms with Gasteiger partial charge in [-0.1, -0.05) is 79.1 Å². The van der Waals surface area contributed by atoms with Gasteiger partial charge >= 0.3 is 5.97 Å². The van der Waals surface area contributed by atoms with Crippen molar-refractivity contribution < 1.29 is 14.3 Å². The summed E-state index contributed by atoms with van der Waals surface area (Å²) in [6.45, 7) is 8.45. The summed E-state index contributed by atoms with van der Waals surface area (Å²) in [5.74, 6) is 0.614. The van der Waals surface area contributed by atoms with Gasteiger partial charge in [0.2, 0.25) is 0 Å². The highest BCUT2D eigenvalue weighted by molar-refractivity contribution is 7.99. The van der Waals surface area contributed by atoms with Crippen LogP contribution in [-0.4, -0.2) is 22.1 Å². The molecule has 5 nitrogen and oxygen atoms in total. The van der Waals surface area contributed by atoms with Crippen molar-refractivity contribution in [3.8, 4) is 0 Å². The Hall–Kier alpha value is -1.99. The lowest BCUT2D eigenvalue weighted by Gasteiger charge is -2.20. The van der Waals surface area contributed by atoms with E-state index in [0.717, 1.165) is 27.0 Å². The molecule has 1 aromatic heterocycles. The maximum absolute atomic E-state index is 11.7. The van der Waals surface area contributed by atoms with E-state index in [4.69, 9.17) is 37.7 Å². The number of esters is 1. The Kier molecular flexibility index (Phi) is 9.27. The second kappa shape index (κ2) is 11.9. The fraction of sp³-hybridized carbons (Fsp3) is 0.360. The van der Waals surface area contributed by atoms with Crippen LogP contribution >= 0.6 is 35.0 Å². The van der Waals surface area contributed by atoms with Crippen LogP contribution in [-0.2, 0) is 27.3 Å². The normalized spacial score (nSPS) is 12.2. The van der Waals surface area contributed by atoms with Crippen LogP contribution in [0.5, 0.6) is 0 Å². The minimum absolute atomic E-state index is 0.164. The first kappa shape index (κ1) is 25.6. The van der Waals surface area contributed by atoms with Gasteiger partial charge in [-0.15, -0.1) is 0 Å². The van der Waals surface area contributed by atoms with Gasteiger partial charge in [0.05, 0.1) is 18.9 Å². The summed E-state index contributed by atoms with van der Waals surface area (Å²) in [4.78, 5) is 17.5. The van der Waals surface area contributed by atoms with E-state index in [2.05, 4.69) is 13.8 Å². The lowest BCUT2D eigenvalue weighted by atomic mass is 10.1. The molecule has 0 spiro atoms. The number of imidazole rings is 1. The molecule has 176 valence electrons. The van der Waals surface area contributed by atoms with Crippen molar-refractivity contribution in [3.63, 3.8) is 0 Å². The summed E-state index contributed by atoms with van der Waals surface area (Å²) in [5, 5.41) is 2.02. The third-order valence-electron chi connectivity index (χ3n) is 4.84. The largest absolute Gasteiger partial charge is 0.442 e. The number of rotatable bonds is 10. The van der Waals surface area contributed by atoms with Gasteiger partial charge in [-0.25, -0.2) is 4.98 Å². The summed E-state index contributed by atoms with van der Waals surface area (Å²) in [7, 11) is 0. The maximum atomic E-state index is 11.7. The quantitative estimate of drug-likeness (QED) is 0.213. The fourth-order valence-corrected chi connectivity index (χ4v) is 5.42. The fourth-order valence-electron chi connectivity index (χ4n) is 3.43. The minimum Gasteiger partial charge on any atom is -0.442 e. The van der Waals surface area contributed by atoms with Crippen LogP contribution < -0.4 is 0 Å². The third-order valence-corrected chi connectivity index (χ3v) is 6.35. The van der Waals surface area contributed by atoms with Crippen LogP contribution in [0.25, 0.3) is 0 Å². The molecule has 0 N–H and O–H groups in total. The van der Waals surface area contributed by atoms with Crippen molar-refractivity contribution in [1.82, 2.24) is 9.55 Å². The zero-order chi connectivity index (χ0) is 24.0. The van der Waals surface area contributed by atoms with Gasteiger partial charge in [0.15, 0.2) is 6.23 Å². The lowest BCUT2D eigenvalue weighted by molar-refractivity contribution is -0.150. The second-order valence-corrected chi connectivity index (χ2v) is 9.88. The Labute approximate surface area is 209 Å². The summed E-state index contributed by atoms with van der Waals surface area (Å²) >= 11 is 14.0. The van der Waals surface area contributed by atoms with Crippen molar-refractivity contribution >= 4 is 40.9 Å². The van der Waals surface area contributed by atoms with Crippen LogP contribution in [0.15, 0.2) is 58.5 Å². The van der Waals surface area contributed by atoms with Gasteiger partial charge in [0.1, 0.15) is 10.9 Å². The first-order chi connectivity index (χ1) is 15.7. The molecule has 8 heteroatoms. The lowest BCUT2D eigenvalue weighted by Crippen LogP contribution is -2.17. The molecular formula is C25H28Cl2N2O3S. The predicted molar refractivity (Wildman–Crippen MR) is 133 cm³/mol. The average molecular weight is 507 g/mol. The maximum Gasteiger partial charge on any atom is 0.304 e. The van der Waals surface area contributed by atoms with Gasteiger partial charge in [0, 0.05) is 28.3 Å². The molecule has 3 aromatic rings. The monoisotopic (exact) mass is 506 g/mol. The Morgan fingerprint density at radius 2 is 1.76 bits per heavy atom. The number of carbonyl (C=O) groups is 1. The van der Waals surface area contributed by atoms with Crippen molar-refractivity contribution in [2.45, 2.75) is 62.8 Å².